The quantitative estimate of drug-likeness (QED) is 0.821. The van der Waals surface area contributed by atoms with Gasteiger partial charge in [-0.15, -0.1) is 0 Å². The van der Waals surface area contributed by atoms with Gasteiger partial charge < -0.3 is 10.6 Å². The second-order valence-corrected chi connectivity index (χ2v) is 5.02. The van der Waals surface area contributed by atoms with E-state index in [2.05, 4.69) is 28.9 Å². The van der Waals surface area contributed by atoms with Gasteiger partial charge in [-0.05, 0) is 37.8 Å². The average Bonchev–Trinajstić information content (AvgIpc) is 3.14. The summed E-state index contributed by atoms with van der Waals surface area (Å²) in [6.07, 6.45) is 7.04. The smallest absolute Gasteiger partial charge is 0.128 e. The largest absolute Gasteiger partial charge is 0.354 e. The molecule has 1 aromatic rings. The molecule has 1 aromatic heterocycles. The normalized spacial score (nSPS) is 16.9. The molecule has 94 valence electrons. The Morgan fingerprint density at radius 2 is 2.24 bits per heavy atom. The van der Waals surface area contributed by atoms with Gasteiger partial charge in [0.05, 0.1) is 0 Å². The molecule has 0 bridgehead atoms. The lowest BCUT2D eigenvalue weighted by atomic mass is 10.1. The molecule has 1 aliphatic carbocycles. The van der Waals surface area contributed by atoms with Crippen LogP contribution in [0.25, 0.3) is 0 Å². The van der Waals surface area contributed by atoms with Crippen LogP contribution in [0.1, 0.15) is 51.1 Å². The van der Waals surface area contributed by atoms with Crippen LogP contribution in [0.2, 0.25) is 0 Å². The first kappa shape index (κ1) is 12.4. The van der Waals surface area contributed by atoms with E-state index < -0.39 is 0 Å². The van der Waals surface area contributed by atoms with E-state index in [1.807, 2.05) is 13.1 Å². The Bertz CT molecular complexity index is 341. The van der Waals surface area contributed by atoms with Crippen molar-refractivity contribution in [3.8, 4) is 0 Å². The van der Waals surface area contributed by atoms with Crippen molar-refractivity contribution in [2.75, 3.05) is 11.4 Å². The maximum Gasteiger partial charge on any atom is 0.128 e. The predicted molar refractivity (Wildman–Crippen MR) is 72.1 cm³/mol. The summed E-state index contributed by atoms with van der Waals surface area (Å²) in [6, 6.07) is 5.03. The molecule has 17 heavy (non-hydrogen) atoms. The van der Waals surface area contributed by atoms with E-state index in [0.717, 1.165) is 24.0 Å². The standard InChI is InChI=1S/C14H23N3/c1-3-4-9-17(13-6-7-13)14-8-5-12(10-16-14)11(2)15/h5,8,10-11,13H,3-4,6-7,9,15H2,1-2H3/t11-/m1/s1. The van der Waals surface area contributed by atoms with Gasteiger partial charge in [0.2, 0.25) is 0 Å². The van der Waals surface area contributed by atoms with Crippen LogP contribution in [0.3, 0.4) is 0 Å². The van der Waals surface area contributed by atoms with E-state index in [1.54, 1.807) is 0 Å². The van der Waals surface area contributed by atoms with Crippen molar-refractivity contribution in [2.45, 2.75) is 51.6 Å². The molecule has 0 unspecified atom stereocenters. The minimum atomic E-state index is 0.0709. The molecule has 1 heterocycles. The Labute approximate surface area is 104 Å². The van der Waals surface area contributed by atoms with E-state index in [0.29, 0.717) is 0 Å². The Kier molecular flexibility index (Phi) is 4.00. The zero-order valence-corrected chi connectivity index (χ0v) is 10.9. The SMILES string of the molecule is CCCCN(c1ccc([C@@H](C)N)cn1)C1CC1. The minimum Gasteiger partial charge on any atom is -0.354 e. The highest BCUT2D eigenvalue weighted by atomic mass is 15.2. The fourth-order valence-electron chi connectivity index (χ4n) is 2.04. The number of pyridine rings is 1. The molecule has 3 heteroatoms. The maximum absolute atomic E-state index is 5.84. The number of aromatic nitrogens is 1. The lowest BCUT2D eigenvalue weighted by Crippen LogP contribution is -2.27. The van der Waals surface area contributed by atoms with Gasteiger partial charge in [0.15, 0.2) is 0 Å². The summed E-state index contributed by atoms with van der Waals surface area (Å²) in [5.41, 5.74) is 6.95. The number of nitrogens with zero attached hydrogens (tertiary/aromatic N) is 2. The van der Waals surface area contributed by atoms with Crippen molar-refractivity contribution < 1.29 is 0 Å². The summed E-state index contributed by atoms with van der Waals surface area (Å²) < 4.78 is 0. The number of unbranched alkanes of at least 4 members (excludes halogenated alkanes) is 1. The highest BCUT2D eigenvalue weighted by molar-refractivity contribution is 5.42. The van der Waals surface area contributed by atoms with Crippen LogP contribution < -0.4 is 10.6 Å². The highest BCUT2D eigenvalue weighted by Gasteiger charge is 2.29. The number of hydrogen-bond acceptors (Lipinski definition) is 3. The summed E-state index contributed by atoms with van der Waals surface area (Å²) >= 11 is 0. The van der Waals surface area contributed by atoms with Gasteiger partial charge in [-0.25, -0.2) is 4.98 Å². The third-order valence-electron chi connectivity index (χ3n) is 3.33. The molecule has 0 saturated heterocycles. The molecular weight excluding hydrogens is 210 g/mol. The van der Waals surface area contributed by atoms with Crippen LogP contribution in [0.15, 0.2) is 18.3 Å². The molecule has 2 rings (SSSR count). The van der Waals surface area contributed by atoms with Crippen LogP contribution in [0.4, 0.5) is 5.82 Å². The fraction of sp³-hybridized carbons (Fsp3) is 0.643. The molecule has 0 aliphatic heterocycles. The van der Waals surface area contributed by atoms with Gasteiger partial charge in [-0.2, -0.15) is 0 Å². The van der Waals surface area contributed by atoms with Gasteiger partial charge in [0.25, 0.3) is 0 Å². The molecule has 0 radical (unpaired) electrons. The van der Waals surface area contributed by atoms with Gasteiger partial charge in [-0.1, -0.05) is 19.4 Å². The molecule has 1 atom stereocenters. The number of rotatable bonds is 6. The van der Waals surface area contributed by atoms with Crippen molar-refractivity contribution in [3.05, 3.63) is 23.9 Å². The van der Waals surface area contributed by atoms with E-state index in [4.69, 9.17) is 5.73 Å². The molecule has 1 fully saturated rings. The van der Waals surface area contributed by atoms with Crippen molar-refractivity contribution in [1.29, 1.82) is 0 Å². The molecular formula is C14H23N3. The van der Waals surface area contributed by atoms with Gasteiger partial charge in [0.1, 0.15) is 5.82 Å². The first-order valence-corrected chi connectivity index (χ1v) is 6.70. The first-order chi connectivity index (χ1) is 8.22. The summed E-state index contributed by atoms with van der Waals surface area (Å²) in [7, 11) is 0. The molecule has 0 spiro atoms. The van der Waals surface area contributed by atoms with Crippen molar-refractivity contribution >= 4 is 5.82 Å². The van der Waals surface area contributed by atoms with Crippen LogP contribution >= 0.6 is 0 Å². The predicted octanol–water partition coefficient (Wildman–Crippen LogP) is 2.87. The minimum absolute atomic E-state index is 0.0709. The van der Waals surface area contributed by atoms with Crippen LogP contribution in [-0.2, 0) is 0 Å². The van der Waals surface area contributed by atoms with Crippen molar-refractivity contribution in [1.82, 2.24) is 4.98 Å². The van der Waals surface area contributed by atoms with Gasteiger partial charge >= 0.3 is 0 Å². The third kappa shape index (κ3) is 3.19. The molecule has 1 saturated carbocycles. The lowest BCUT2D eigenvalue weighted by Gasteiger charge is -2.23. The summed E-state index contributed by atoms with van der Waals surface area (Å²) in [5, 5.41) is 0. The zero-order valence-electron chi connectivity index (χ0n) is 10.9. The monoisotopic (exact) mass is 233 g/mol. The number of anilines is 1. The summed E-state index contributed by atoms with van der Waals surface area (Å²) in [4.78, 5) is 7.01. The Balaban J connectivity index is 2.07. The second kappa shape index (κ2) is 5.50. The number of hydrogen-bond donors (Lipinski definition) is 1. The van der Waals surface area contributed by atoms with Crippen LogP contribution in [0.5, 0.6) is 0 Å². The maximum atomic E-state index is 5.84. The molecule has 1 aliphatic rings. The van der Waals surface area contributed by atoms with Crippen molar-refractivity contribution in [2.24, 2.45) is 5.73 Å². The fourth-order valence-corrected chi connectivity index (χ4v) is 2.04. The first-order valence-electron chi connectivity index (χ1n) is 6.70. The van der Waals surface area contributed by atoms with E-state index in [1.165, 1.54) is 25.7 Å². The Morgan fingerprint density at radius 1 is 1.47 bits per heavy atom. The Morgan fingerprint density at radius 3 is 2.71 bits per heavy atom. The average molecular weight is 233 g/mol. The topological polar surface area (TPSA) is 42.1 Å². The van der Waals surface area contributed by atoms with E-state index in [-0.39, 0.29) is 6.04 Å². The van der Waals surface area contributed by atoms with Gasteiger partial charge in [0, 0.05) is 24.8 Å². The second-order valence-electron chi connectivity index (χ2n) is 5.02. The lowest BCUT2D eigenvalue weighted by molar-refractivity contribution is 0.703. The molecule has 2 N–H and O–H groups in total. The summed E-state index contributed by atoms with van der Waals surface area (Å²) in [6.45, 7) is 5.36. The van der Waals surface area contributed by atoms with Crippen LogP contribution in [0, 0.1) is 0 Å². The molecule has 0 aromatic carbocycles. The molecule has 0 amide bonds. The summed E-state index contributed by atoms with van der Waals surface area (Å²) in [5.74, 6) is 1.12. The highest BCUT2D eigenvalue weighted by Crippen LogP contribution is 2.31. The third-order valence-corrected chi connectivity index (χ3v) is 3.33. The van der Waals surface area contributed by atoms with Crippen LogP contribution in [-0.4, -0.2) is 17.6 Å². The van der Waals surface area contributed by atoms with E-state index >= 15 is 0 Å². The zero-order chi connectivity index (χ0) is 12.3. The van der Waals surface area contributed by atoms with Gasteiger partial charge in [-0.3, -0.25) is 0 Å². The van der Waals surface area contributed by atoms with E-state index in [9.17, 15) is 0 Å². The van der Waals surface area contributed by atoms with Crippen molar-refractivity contribution in [3.63, 3.8) is 0 Å². The Hall–Kier alpha value is -1.09. The molecule has 3 nitrogen and oxygen atoms in total. The number of nitrogens with two attached hydrogens (primary N) is 1.